The fourth-order valence-electron chi connectivity index (χ4n) is 2.99. The molecule has 1 aliphatic heterocycles. The van der Waals surface area contributed by atoms with Crippen molar-refractivity contribution < 1.29 is 22.7 Å². The first kappa shape index (κ1) is 18.9. The molecule has 0 spiro atoms. The van der Waals surface area contributed by atoms with Crippen LogP contribution in [-0.2, 0) is 32.5 Å². The lowest BCUT2D eigenvalue weighted by atomic mass is 9.89. The minimum atomic E-state index is -3.38. The van der Waals surface area contributed by atoms with Gasteiger partial charge in [0.1, 0.15) is 0 Å². The van der Waals surface area contributed by atoms with Crippen LogP contribution in [0.4, 0.5) is 5.69 Å². The molecule has 1 atom stereocenters. The van der Waals surface area contributed by atoms with E-state index in [4.69, 9.17) is 4.74 Å². The highest BCUT2D eigenvalue weighted by Crippen LogP contribution is 2.28. The molecule has 0 saturated heterocycles. The average molecular weight is 388 g/mol. The maximum Gasteiger partial charge on any atom is 0.339 e. The number of amides is 1. The molecule has 3 rings (SSSR count). The second-order valence-corrected chi connectivity index (χ2v) is 8.46. The van der Waals surface area contributed by atoms with Gasteiger partial charge in [-0.05, 0) is 36.2 Å². The van der Waals surface area contributed by atoms with Crippen molar-refractivity contribution in [2.45, 2.75) is 25.5 Å². The number of hydrogen-bond acceptors (Lipinski definition) is 5. The molecule has 0 bridgehead atoms. The summed E-state index contributed by atoms with van der Waals surface area (Å²) in [6.45, 7) is 1.75. The Morgan fingerprint density at radius 1 is 1.19 bits per heavy atom. The summed E-state index contributed by atoms with van der Waals surface area (Å²) in [6.07, 6.45) is 1.36. The molecule has 0 aliphatic carbocycles. The summed E-state index contributed by atoms with van der Waals surface area (Å²) in [7, 11) is -3.38. The summed E-state index contributed by atoms with van der Waals surface area (Å²) >= 11 is 0. The van der Waals surface area contributed by atoms with Gasteiger partial charge in [-0.1, -0.05) is 30.3 Å². The molecular weight excluding hydrogens is 368 g/mol. The minimum Gasteiger partial charge on any atom is -0.445 e. The molecule has 0 radical (unpaired) electrons. The zero-order valence-electron chi connectivity index (χ0n) is 15.0. The number of rotatable bonds is 5. The van der Waals surface area contributed by atoms with E-state index in [1.165, 1.54) is 0 Å². The molecule has 1 heterocycles. The molecule has 8 heteroatoms. The van der Waals surface area contributed by atoms with Gasteiger partial charge in [0, 0.05) is 18.7 Å². The lowest BCUT2D eigenvalue weighted by Gasteiger charge is -2.33. The molecule has 2 N–H and O–H groups in total. The Labute approximate surface area is 157 Å². The van der Waals surface area contributed by atoms with Crippen LogP contribution >= 0.6 is 0 Å². The summed E-state index contributed by atoms with van der Waals surface area (Å²) in [5.74, 6) is -0.930. The zero-order valence-corrected chi connectivity index (χ0v) is 15.8. The topological polar surface area (TPSA) is 102 Å². The van der Waals surface area contributed by atoms with Crippen LogP contribution in [0.5, 0.6) is 0 Å². The van der Waals surface area contributed by atoms with Gasteiger partial charge in [-0.25, -0.2) is 13.2 Å². The molecule has 0 fully saturated rings. The van der Waals surface area contributed by atoms with Crippen molar-refractivity contribution in [3.8, 4) is 0 Å². The number of benzene rings is 2. The molecule has 2 aromatic rings. The Bertz CT molecular complexity index is 1000. The van der Waals surface area contributed by atoms with Crippen molar-refractivity contribution in [1.82, 2.24) is 5.32 Å². The van der Waals surface area contributed by atoms with E-state index >= 15 is 0 Å². The van der Waals surface area contributed by atoms with Crippen molar-refractivity contribution in [2.24, 2.45) is 0 Å². The van der Waals surface area contributed by atoms with E-state index in [1.807, 2.05) is 12.1 Å². The van der Waals surface area contributed by atoms with Crippen LogP contribution in [0, 0.1) is 0 Å². The largest absolute Gasteiger partial charge is 0.445 e. The summed E-state index contributed by atoms with van der Waals surface area (Å²) in [6, 6.07) is 13.7. The predicted molar refractivity (Wildman–Crippen MR) is 101 cm³/mol. The molecule has 0 aromatic heterocycles. The number of cyclic esters (lactones) is 1. The van der Waals surface area contributed by atoms with Gasteiger partial charge in [-0.15, -0.1) is 0 Å². The molecular formula is C19H20N2O5S. The van der Waals surface area contributed by atoms with Crippen LogP contribution in [0.15, 0.2) is 48.5 Å². The highest BCUT2D eigenvalue weighted by Gasteiger charge is 2.42. The van der Waals surface area contributed by atoms with E-state index in [-0.39, 0.29) is 13.0 Å². The molecule has 7 nitrogen and oxygen atoms in total. The predicted octanol–water partition coefficient (Wildman–Crippen LogP) is 1.85. The van der Waals surface area contributed by atoms with Crippen LogP contribution in [0.25, 0.3) is 0 Å². The monoisotopic (exact) mass is 388 g/mol. The standard InChI is InChI=1S/C19H20N2O5S/c1-19(11-14-7-3-4-9-16(14)17(22)26-19)18(23)20-12-13-6-5-8-15(10-13)21-27(2,24)25/h3-10,21H,11-12H2,1-2H3,(H,20,23). The molecule has 142 valence electrons. The molecule has 27 heavy (non-hydrogen) atoms. The SMILES string of the molecule is CC1(C(=O)NCc2cccc(NS(C)(=O)=O)c2)Cc2ccccc2C(=O)O1. The van der Waals surface area contributed by atoms with E-state index < -0.39 is 27.5 Å². The van der Waals surface area contributed by atoms with Crippen LogP contribution in [0.1, 0.15) is 28.4 Å². The Hall–Kier alpha value is -2.87. The van der Waals surface area contributed by atoms with Gasteiger partial charge in [0.25, 0.3) is 5.91 Å². The van der Waals surface area contributed by atoms with Crippen molar-refractivity contribution in [2.75, 3.05) is 11.0 Å². The van der Waals surface area contributed by atoms with Gasteiger partial charge >= 0.3 is 5.97 Å². The second-order valence-electron chi connectivity index (χ2n) is 6.71. The van der Waals surface area contributed by atoms with Crippen LogP contribution in [0.2, 0.25) is 0 Å². The smallest absolute Gasteiger partial charge is 0.339 e. The zero-order chi connectivity index (χ0) is 19.7. The fourth-order valence-corrected chi connectivity index (χ4v) is 3.54. The molecule has 2 aromatic carbocycles. The van der Waals surface area contributed by atoms with Crippen LogP contribution in [0.3, 0.4) is 0 Å². The number of ether oxygens (including phenoxy) is 1. The number of sulfonamides is 1. The summed E-state index contributed by atoms with van der Waals surface area (Å²) in [5, 5.41) is 2.76. The van der Waals surface area contributed by atoms with E-state index in [0.29, 0.717) is 16.8 Å². The lowest BCUT2D eigenvalue weighted by molar-refractivity contribution is -0.139. The number of fused-ring (bicyclic) bond motifs is 1. The minimum absolute atomic E-state index is 0.174. The number of carbonyl (C=O) groups excluding carboxylic acids is 2. The maximum absolute atomic E-state index is 12.7. The Kier molecular flexibility index (Phi) is 4.93. The summed E-state index contributed by atoms with van der Waals surface area (Å²) < 4.78 is 30.4. The Balaban J connectivity index is 1.70. The van der Waals surface area contributed by atoms with Crippen LogP contribution < -0.4 is 10.0 Å². The van der Waals surface area contributed by atoms with Gasteiger partial charge in [0.15, 0.2) is 5.60 Å². The van der Waals surface area contributed by atoms with Gasteiger partial charge in [-0.2, -0.15) is 0 Å². The lowest BCUT2D eigenvalue weighted by Crippen LogP contribution is -2.51. The third-order valence-electron chi connectivity index (χ3n) is 4.25. The second kappa shape index (κ2) is 7.03. The average Bonchev–Trinajstić information content (AvgIpc) is 2.58. The summed E-state index contributed by atoms with van der Waals surface area (Å²) in [4.78, 5) is 24.9. The van der Waals surface area contributed by atoms with Gasteiger partial charge in [0.05, 0.1) is 11.8 Å². The first-order valence-corrected chi connectivity index (χ1v) is 10.2. The number of carbonyl (C=O) groups is 2. The summed E-state index contributed by atoms with van der Waals surface area (Å²) in [5.41, 5.74) is 1.07. The van der Waals surface area contributed by atoms with Gasteiger partial charge < -0.3 is 10.1 Å². The van der Waals surface area contributed by atoms with E-state index in [0.717, 1.165) is 11.8 Å². The quantitative estimate of drug-likeness (QED) is 0.761. The van der Waals surface area contributed by atoms with Crippen molar-refractivity contribution in [1.29, 1.82) is 0 Å². The molecule has 0 saturated carbocycles. The fraction of sp³-hybridized carbons (Fsp3) is 0.263. The highest BCUT2D eigenvalue weighted by molar-refractivity contribution is 7.92. The van der Waals surface area contributed by atoms with Crippen molar-refractivity contribution >= 4 is 27.6 Å². The van der Waals surface area contributed by atoms with Gasteiger partial charge in [0.2, 0.25) is 10.0 Å². The third kappa shape index (κ3) is 4.46. The third-order valence-corrected chi connectivity index (χ3v) is 4.85. The van der Waals surface area contributed by atoms with E-state index in [1.54, 1.807) is 43.3 Å². The normalized spacial score (nSPS) is 19.0. The number of hydrogen-bond donors (Lipinski definition) is 2. The van der Waals surface area contributed by atoms with E-state index in [9.17, 15) is 18.0 Å². The number of nitrogens with one attached hydrogen (secondary N) is 2. The van der Waals surface area contributed by atoms with E-state index in [2.05, 4.69) is 10.0 Å². The Morgan fingerprint density at radius 2 is 1.93 bits per heavy atom. The first-order chi connectivity index (χ1) is 12.7. The Morgan fingerprint density at radius 3 is 2.67 bits per heavy atom. The number of anilines is 1. The molecule has 1 amide bonds. The maximum atomic E-state index is 12.7. The van der Waals surface area contributed by atoms with Crippen molar-refractivity contribution in [3.63, 3.8) is 0 Å². The highest BCUT2D eigenvalue weighted by atomic mass is 32.2. The van der Waals surface area contributed by atoms with Gasteiger partial charge in [-0.3, -0.25) is 9.52 Å². The first-order valence-electron chi connectivity index (χ1n) is 8.33. The van der Waals surface area contributed by atoms with Crippen molar-refractivity contribution in [3.05, 3.63) is 65.2 Å². The number of esters is 1. The van der Waals surface area contributed by atoms with Crippen LogP contribution in [-0.4, -0.2) is 32.2 Å². The molecule has 1 unspecified atom stereocenters. The molecule has 1 aliphatic rings.